The third-order valence-corrected chi connectivity index (χ3v) is 9.81. The molecule has 0 heterocycles. The van der Waals surface area contributed by atoms with E-state index in [0.29, 0.717) is 12.1 Å². The molecule has 7 nitrogen and oxygen atoms in total. The number of hydrogen-bond acceptors (Lipinski definition) is 4. The molecule has 0 aromatic heterocycles. The molecule has 41 heavy (non-hydrogen) atoms. The summed E-state index contributed by atoms with van der Waals surface area (Å²) in [4.78, 5) is 29.0. The Balaban J connectivity index is 1.66. The smallest absolute Gasteiger partial charge is 0.264 e. The molecule has 8 heteroatoms. The number of aryl methyl sites for hydroxylation is 3. The van der Waals surface area contributed by atoms with Crippen LogP contribution in [0.15, 0.2) is 77.7 Å². The fraction of sp³-hybridized carbons (Fsp3) is 0.394. The molecule has 0 saturated heterocycles. The molecular weight excluding hydrogens is 534 g/mol. The summed E-state index contributed by atoms with van der Waals surface area (Å²) >= 11 is 0. The number of nitrogens with one attached hydrogen (secondary N) is 1. The fourth-order valence-corrected chi connectivity index (χ4v) is 6.61. The summed E-state index contributed by atoms with van der Waals surface area (Å²) < 4.78 is 29.1. The van der Waals surface area contributed by atoms with E-state index in [1.807, 2.05) is 57.2 Å². The zero-order valence-corrected chi connectivity index (χ0v) is 25.3. The third kappa shape index (κ3) is 7.55. The Morgan fingerprint density at radius 2 is 1.56 bits per heavy atom. The number of benzene rings is 3. The predicted octanol–water partition coefficient (Wildman–Crippen LogP) is 5.33. The normalized spacial score (nSPS) is 14.4. The maximum atomic E-state index is 14.1. The Morgan fingerprint density at radius 1 is 0.902 bits per heavy atom. The van der Waals surface area contributed by atoms with Gasteiger partial charge in [0, 0.05) is 12.6 Å². The standard InChI is InChI=1S/C33H41N3O4S/c1-24-14-18-31(19-15-24)41(39,40)36(30-17-16-25(2)26(3)22-30)23-32(37)35(21-20-28-10-6-5-7-11-28)27(4)33(38)34-29-12-8-9-13-29/h5-7,10-11,14-19,22,27,29H,8-9,12-13,20-21,23H2,1-4H3,(H,34,38). The quantitative estimate of drug-likeness (QED) is 0.335. The highest BCUT2D eigenvalue weighted by Crippen LogP contribution is 2.27. The van der Waals surface area contributed by atoms with Gasteiger partial charge in [0.25, 0.3) is 10.0 Å². The summed E-state index contributed by atoms with van der Waals surface area (Å²) in [5.41, 5.74) is 4.32. The van der Waals surface area contributed by atoms with Gasteiger partial charge in [-0.1, -0.05) is 66.9 Å². The molecule has 3 aromatic carbocycles. The first-order valence-electron chi connectivity index (χ1n) is 14.4. The van der Waals surface area contributed by atoms with Gasteiger partial charge in [-0.15, -0.1) is 0 Å². The molecular formula is C33H41N3O4S. The number of amides is 2. The largest absolute Gasteiger partial charge is 0.352 e. The highest BCUT2D eigenvalue weighted by molar-refractivity contribution is 7.92. The van der Waals surface area contributed by atoms with Crippen LogP contribution in [0.2, 0.25) is 0 Å². The maximum absolute atomic E-state index is 14.1. The van der Waals surface area contributed by atoms with E-state index in [-0.39, 0.29) is 23.4 Å². The average molecular weight is 576 g/mol. The van der Waals surface area contributed by atoms with E-state index in [1.54, 1.807) is 43.3 Å². The van der Waals surface area contributed by atoms with E-state index in [1.165, 1.54) is 9.21 Å². The molecule has 3 aromatic rings. The second-order valence-electron chi connectivity index (χ2n) is 11.1. The maximum Gasteiger partial charge on any atom is 0.264 e. The highest BCUT2D eigenvalue weighted by atomic mass is 32.2. The van der Waals surface area contributed by atoms with Crippen LogP contribution in [0.4, 0.5) is 5.69 Å². The zero-order valence-electron chi connectivity index (χ0n) is 24.5. The van der Waals surface area contributed by atoms with Crippen molar-refractivity contribution in [1.29, 1.82) is 0 Å². The van der Waals surface area contributed by atoms with Crippen LogP contribution in [0, 0.1) is 20.8 Å². The van der Waals surface area contributed by atoms with Crippen LogP contribution < -0.4 is 9.62 Å². The molecule has 1 saturated carbocycles. The van der Waals surface area contributed by atoms with Gasteiger partial charge in [-0.25, -0.2) is 8.42 Å². The highest BCUT2D eigenvalue weighted by Gasteiger charge is 2.33. The molecule has 1 fully saturated rings. The number of carbonyl (C=O) groups excluding carboxylic acids is 2. The van der Waals surface area contributed by atoms with Crippen LogP contribution in [0.3, 0.4) is 0 Å². The summed E-state index contributed by atoms with van der Waals surface area (Å²) in [6.45, 7) is 7.35. The second-order valence-corrected chi connectivity index (χ2v) is 12.9. The lowest BCUT2D eigenvalue weighted by molar-refractivity contribution is -0.139. The number of sulfonamides is 1. The van der Waals surface area contributed by atoms with E-state index < -0.39 is 28.5 Å². The first kappa shape index (κ1) is 30.3. The minimum atomic E-state index is -4.08. The Labute approximate surface area is 244 Å². The first-order chi connectivity index (χ1) is 19.6. The third-order valence-electron chi connectivity index (χ3n) is 8.02. The van der Waals surface area contributed by atoms with E-state index in [9.17, 15) is 18.0 Å². The minimum absolute atomic E-state index is 0.108. The predicted molar refractivity (Wildman–Crippen MR) is 163 cm³/mol. The van der Waals surface area contributed by atoms with Gasteiger partial charge in [-0.2, -0.15) is 0 Å². The summed E-state index contributed by atoms with van der Waals surface area (Å²) in [6, 6.07) is 21.1. The van der Waals surface area contributed by atoms with Crippen LogP contribution >= 0.6 is 0 Å². The molecule has 0 aliphatic heterocycles. The number of hydrogen-bond donors (Lipinski definition) is 1. The number of nitrogens with zero attached hydrogens (tertiary/aromatic N) is 2. The Morgan fingerprint density at radius 3 is 2.20 bits per heavy atom. The van der Waals surface area contributed by atoms with E-state index >= 15 is 0 Å². The van der Waals surface area contributed by atoms with Crippen molar-refractivity contribution < 1.29 is 18.0 Å². The van der Waals surface area contributed by atoms with Crippen molar-refractivity contribution in [2.75, 3.05) is 17.4 Å². The van der Waals surface area contributed by atoms with Crippen molar-refractivity contribution >= 4 is 27.5 Å². The minimum Gasteiger partial charge on any atom is -0.352 e. The van der Waals surface area contributed by atoms with Crippen LogP contribution in [0.5, 0.6) is 0 Å². The van der Waals surface area contributed by atoms with Gasteiger partial charge < -0.3 is 10.2 Å². The molecule has 0 bridgehead atoms. The van der Waals surface area contributed by atoms with Crippen molar-refractivity contribution in [3.63, 3.8) is 0 Å². The molecule has 2 amide bonds. The molecule has 0 radical (unpaired) electrons. The van der Waals surface area contributed by atoms with Gasteiger partial charge in [0.2, 0.25) is 11.8 Å². The SMILES string of the molecule is Cc1ccc(S(=O)(=O)N(CC(=O)N(CCc2ccccc2)C(C)C(=O)NC2CCCC2)c2ccc(C)c(C)c2)cc1. The fourth-order valence-electron chi connectivity index (χ4n) is 5.21. The van der Waals surface area contributed by atoms with Crippen LogP contribution in [-0.2, 0) is 26.0 Å². The monoisotopic (exact) mass is 575 g/mol. The zero-order chi connectivity index (χ0) is 29.6. The Kier molecular flexibility index (Phi) is 9.86. The number of anilines is 1. The average Bonchev–Trinajstić information content (AvgIpc) is 3.47. The Bertz CT molecular complexity index is 1450. The van der Waals surface area contributed by atoms with Crippen LogP contribution in [0.25, 0.3) is 0 Å². The van der Waals surface area contributed by atoms with Crippen molar-refractivity contribution in [3.8, 4) is 0 Å². The summed E-state index contributed by atoms with van der Waals surface area (Å²) in [6.07, 6.45) is 4.58. The van der Waals surface area contributed by atoms with E-state index in [0.717, 1.165) is 47.9 Å². The van der Waals surface area contributed by atoms with Crippen molar-refractivity contribution in [2.24, 2.45) is 0 Å². The lowest BCUT2D eigenvalue weighted by Crippen LogP contribution is -2.53. The summed E-state index contributed by atoms with van der Waals surface area (Å²) in [5.74, 6) is -0.638. The molecule has 4 rings (SSSR count). The summed E-state index contributed by atoms with van der Waals surface area (Å²) in [5, 5.41) is 3.11. The van der Waals surface area contributed by atoms with Crippen molar-refractivity contribution in [3.05, 3.63) is 95.1 Å². The molecule has 218 valence electrons. The Hall–Kier alpha value is -3.65. The van der Waals surface area contributed by atoms with Gasteiger partial charge in [0.15, 0.2) is 0 Å². The number of rotatable bonds is 11. The van der Waals surface area contributed by atoms with E-state index in [4.69, 9.17) is 0 Å². The lowest BCUT2D eigenvalue weighted by atomic mass is 10.1. The van der Waals surface area contributed by atoms with Gasteiger partial charge >= 0.3 is 0 Å². The van der Waals surface area contributed by atoms with Gasteiger partial charge in [0.1, 0.15) is 12.6 Å². The molecule has 1 atom stereocenters. The number of carbonyl (C=O) groups is 2. The molecule has 0 spiro atoms. The molecule has 1 aliphatic carbocycles. The summed E-state index contributed by atoms with van der Waals surface area (Å²) in [7, 11) is -4.08. The van der Waals surface area contributed by atoms with Crippen LogP contribution in [0.1, 0.15) is 54.9 Å². The van der Waals surface area contributed by atoms with Gasteiger partial charge in [-0.3, -0.25) is 13.9 Å². The molecule has 1 unspecified atom stereocenters. The topological polar surface area (TPSA) is 86.8 Å². The second kappa shape index (κ2) is 13.3. The van der Waals surface area contributed by atoms with Crippen LogP contribution in [-0.4, -0.2) is 50.3 Å². The molecule has 1 N–H and O–H groups in total. The first-order valence-corrected chi connectivity index (χ1v) is 15.8. The lowest BCUT2D eigenvalue weighted by Gasteiger charge is -2.32. The van der Waals surface area contributed by atoms with E-state index in [2.05, 4.69) is 5.32 Å². The van der Waals surface area contributed by atoms with Gasteiger partial charge in [0.05, 0.1) is 10.6 Å². The van der Waals surface area contributed by atoms with Crippen molar-refractivity contribution in [2.45, 2.75) is 76.8 Å². The molecule has 1 aliphatic rings. The van der Waals surface area contributed by atoms with Crippen molar-refractivity contribution in [1.82, 2.24) is 10.2 Å². The van der Waals surface area contributed by atoms with Gasteiger partial charge in [-0.05, 0) is 87.9 Å².